The lowest BCUT2D eigenvalue weighted by atomic mass is 10.0. The van der Waals surface area contributed by atoms with Crippen LogP contribution in [0.4, 0.5) is 0 Å². The molecule has 3 rings (SSSR count). The zero-order valence-electron chi connectivity index (χ0n) is 19.1. The molecule has 7 heteroatoms. The molecule has 0 bridgehead atoms. The van der Waals surface area contributed by atoms with E-state index in [4.69, 9.17) is 0 Å². The van der Waals surface area contributed by atoms with Crippen molar-refractivity contribution in [1.29, 1.82) is 0 Å². The van der Waals surface area contributed by atoms with Gasteiger partial charge in [-0.05, 0) is 37.4 Å². The minimum atomic E-state index is 0. The number of rotatable bonds is 7. The molecule has 2 aliphatic rings. The van der Waals surface area contributed by atoms with Crippen LogP contribution in [0.2, 0.25) is 0 Å². The van der Waals surface area contributed by atoms with E-state index in [1.807, 2.05) is 18.8 Å². The van der Waals surface area contributed by atoms with Gasteiger partial charge in [-0.15, -0.1) is 35.7 Å². The molecule has 0 saturated carbocycles. The maximum atomic E-state index is 4.61. The zero-order valence-corrected chi connectivity index (χ0v) is 22.2. The molecule has 2 saturated heterocycles. The number of hydrogen-bond donors (Lipinski definition) is 1. The Balaban J connectivity index is 0.00000320. The smallest absolute Gasteiger partial charge is 0.193 e. The highest BCUT2D eigenvalue weighted by Gasteiger charge is 2.28. The predicted molar refractivity (Wildman–Crippen MR) is 141 cm³/mol. The first kappa shape index (κ1) is 25.7. The van der Waals surface area contributed by atoms with Crippen molar-refractivity contribution in [3.63, 3.8) is 0 Å². The van der Waals surface area contributed by atoms with E-state index < -0.39 is 0 Å². The zero-order chi connectivity index (χ0) is 20.6. The number of piperazine rings is 1. The number of halogens is 1. The highest BCUT2D eigenvalue weighted by molar-refractivity contribution is 14.0. The van der Waals surface area contributed by atoms with Gasteiger partial charge in [0, 0.05) is 69.6 Å². The van der Waals surface area contributed by atoms with Crippen molar-refractivity contribution in [3.05, 3.63) is 30.3 Å². The molecule has 2 aliphatic heterocycles. The van der Waals surface area contributed by atoms with Crippen LogP contribution in [-0.2, 0) is 0 Å². The van der Waals surface area contributed by atoms with Crippen molar-refractivity contribution in [2.75, 3.05) is 65.7 Å². The Morgan fingerprint density at radius 1 is 1.13 bits per heavy atom. The van der Waals surface area contributed by atoms with Crippen molar-refractivity contribution in [1.82, 2.24) is 20.0 Å². The summed E-state index contributed by atoms with van der Waals surface area (Å²) >= 11 is 1.98. The second-order valence-corrected chi connectivity index (χ2v) is 9.90. The first-order valence-corrected chi connectivity index (χ1v) is 12.1. The molecule has 0 spiro atoms. The summed E-state index contributed by atoms with van der Waals surface area (Å²) in [4.78, 5) is 13.5. The fourth-order valence-corrected chi connectivity index (χ4v) is 5.41. The molecule has 2 unspecified atom stereocenters. The van der Waals surface area contributed by atoms with Gasteiger partial charge in [0.05, 0.1) is 0 Å². The number of thioether (sulfide) groups is 1. The molecule has 1 aromatic rings. The number of benzene rings is 1. The highest BCUT2D eigenvalue weighted by Crippen LogP contribution is 2.26. The van der Waals surface area contributed by atoms with Crippen LogP contribution in [0.5, 0.6) is 0 Å². The van der Waals surface area contributed by atoms with E-state index in [2.05, 4.69) is 76.2 Å². The molecular weight excluding hydrogens is 505 g/mol. The number of likely N-dealkylation sites (tertiary alicyclic amines) is 1. The van der Waals surface area contributed by atoms with Crippen LogP contribution in [0.25, 0.3) is 0 Å². The predicted octanol–water partition coefficient (Wildman–Crippen LogP) is 3.57. The third kappa shape index (κ3) is 7.57. The monoisotopic (exact) mass is 545 g/mol. The Hall–Kier alpha value is -0.510. The average Bonchev–Trinajstić information content (AvgIpc) is 3.20. The molecule has 0 radical (unpaired) electrons. The Labute approximate surface area is 205 Å². The molecule has 2 atom stereocenters. The lowest BCUT2D eigenvalue weighted by Crippen LogP contribution is -2.55. The lowest BCUT2D eigenvalue weighted by molar-refractivity contribution is 0.0897. The molecule has 0 aromatic heterocycles. The van der Waals surface area contributed by atoms with Crippen LogP contribution in [0.3, 0.4) is 0 Å². The number of likely N-dealkylation sites (N-methyl/N-ethyl adjacent to an activating group) is 1. The SMILES string of the molecule is CN=C(NCC(C(C)C)N1CCN(C)CC1)N1CCC(CSc2ccccc2)C1.I. The Bertz CT molecular complexity index is 634. The van der Waals surface area contributed by atoms with Gasteiger partial charge in [0.25, 0.3) is 0 Å². The molecule has 0 amide bonds. The summed E-state index contributed by atoms with van der Waals surface area (Å²) in [6.07, 6.45) is 1.26. The molecule has 1 N–H and O–H groups in total. The van der Waals surface area contributed by atoms with E-state index >= 15 is 0 Å². The number of guanidine groups is 1. The normalized spacial score (nSPS) is 22.2. The fourth-order valence-electron chi connectivity index (χ4n) is 4.36. The van der Waals surface area contributed by atoms with Crippen molar-refractivity contribution >= 4 is 41.7 Å². The molecule has 170 valence electrons. The average molecular weight is 546 g/mol. The quantitative estimate of drug-likeness (QED) is 0.245. The van der Waals surface area contributed by atoms with Gasteiger partial charge < -0.3 is 15.1 Å². The van der Waals surface area contributed by atoms with Crippen LogP contribution < -0.4 is 5.32 Å². The van der Waals surface area contributed by atoms with Crippen LogP contribution in [0.15, 0.2) is 40.2 Å². The van der Waals surface area contributed by atoms with Gasteiger partial charge in [0.2, 0.25) is 0 Å². The second-order valence-electron chi connectivity index (χ2n) is 8.80. The van der Waals surface area contributed by atoms with Crippen molar-refractivity contribution in [3.8, 4) is 0 Å². The first-order chi connectivity index (χ1) is 14.1. The third-order valence-electron chi connectivity index (χ3n) is 6.27. The van der Waals surface area contributed by atoms with Gasteiger partial charge in [-0.25, -0.2) is 0 Å². The summed E-state index contributed by atoms with van der Waals surface area (Å²) < 4.78 is 0. The Morgan fingerprint density at radius 3 is 2.47 bits per heavy atom. The van der Waals surface area contributed by atoms with Crippen molar-refractivity contribution in [2.24, 2.45) is 16.8 Å². The summed E-state index contributed by atoms with van der Waals surface area (Å²) in [7, 11) is 4.15. The fraction of sp³-hybridized carbons (Fsp3) is 0.696. The Morgan fingerprint density at radius 2 is 1.83 bits per heavy atom. The van der Waals surface area contributed by atoms with Gasteiger partial charge in [-0.1, -0.05) is 32.0 Å². The summed E-state index contributed by atoms with van der Waals surface area (Å²) in [5.74, 6) is 3.64. The van der Waals surface area contributed by atoms with Crippen LogP contribution >= 0.6 is 35.7 Å². The number of aliphatic imine (C=N–C) groups is 1. The topological polar surface area (TPSA) is 34.1 Å². The molecule has 0 aliphatic carbocycles. The maximum Gasteiger partial charge on any atom is 0.193 e. The van der Waals surface area contributed by atoms with E-state index in [1.54, 1.807) is 0 Å². The highest BCUT2D eigenvalue weighted by atomic mass is 127. The van der Waals surface area contributed by atoms with Gasteiger partial charge in [-0.3, -0.25) is 9.89 Å². The largest absolute Gasteiger partial charge is 0.355 e. The molecule has 2 fully saturated rings. The number of hydrogen-bond acceptors (Lipinski definition) is 4. The third-order valence-corrected chi connectivity index (χ3v) is 7.52. The second kappa shape index (κ2) is 13.1. The van der Waals surface area contributed by atoms with Crippen LogP contribution in [0.1, 0.15) is 20.3 Å². The van der Waals surface area contributed by atoms with Gasteiger partial charge in [-0.2, -0.15) is 0 Å². The molecule has 30 heavy (non-hydrogen) atoms. The minimum absolute atomic E-state index is 0. The van der Waals surface area contributed by atoms with E-state index in [1.165, 1.54) is 43.2 Å². The van der Waals surface area contributed by atoms with Crippen LogP contribution in [0, 0.1) is 11.8 Å². The summed E-state index contributed by atoms with van der Waals surface area (Å²) in [5, 5.41) is 3.71. The number of nitrogens with one attached hydrogen (secondary N) is 1. The summed E-state index contributed by atoms with van der Waals surface area (Å²) in [6, 6.07) is 11.3. The maximum absolute atomic E-state index is 4.61. The molecule has 2 heterocycles. The van der Waals surface area contributed by atoms with Crippen molar-refractivity contribution < 1.29 is 0 Å². The molecule has 5 nitrogen and oxygen atoms in total. The first-order valence-electron chi connectivity index (χ1n) is 11.1. The van der Waals surface area contributed by atoms with E-state index in [0.29, 0.717) is 12.0 Å². The molecular formula is C23H40IN5S. The van der Waals surface area contributed by atoms with E-state index in [9.17, 15) is 0 Å². The van der Waals surface area contributed by atoms with Gasteiger partial charge in [0.15, 0.2) is 5.96 Å². The Kier molecular flexibility index (Phi) is 11.3. The van der Waals surface area contributed by atoms with Crippen LogP contribution in [-0.4, -0.2) is 92.4 Å². The minimum Gasteiger partial charge on any atom is -0.355 e. The number of nitrogens with zero attached hydrogens (tertiary/aromatic N) is 4. The van der Waals surface area contributed by atoms with Gasteiger partial charge >= 0.3 is 0 Å². The van der Waals surface area contributed by atoms with Crippen molar-refractivity contribution in [2.45, 2.75) is 31.2 Å². The van der Waals surface area contributed by atoms with E-state index in [0.717, 1.165) is 31.5 Å². The standard InChI is InChI=1S/C23H39N5S.HI/c1-19(2)22(27-14-12-26(4)13-15-27)16-25-23(24-3)28-11-10-20(17-28)18-29-21-8-6-5-7-9-21;/h5-9,19-20,22H,10-18H2,1-4H3,(H,24,25);1H. The van der Waals surface area contributed by atoms with Gasteiger partial charge in [0.1, 0.15) is 0 Å². The molecule has 1 aromatic carbocycles. The summed E-state index contributed by atoms with van der Waals surface area (Å²) in [5.41, 5.74) is 0. The summed E-state index contributed by atoms with van der Waals surface area (Å²) in [6.45, 7) is 12.6. The van der Waals surface area contributed by atoms with E-state index in [-0.39, 0.29) is 24.0 Å². The lowest BCUT2D eigenvalue weighted by Gasteiger charge is -2.40.